The van der Waals surface area contributed by atoms with Crippen LogP contribution in [-0.2, 0) is 11.3 Å². The van der Waals surface area contributed by atoms with Gasteiger partial charge in [-0.25, -0.2) is 9.18 Å². The highest BCUT2D eigenvalue weighted by Crippen LogP contribution is 2.23. The van der Waals surface area contributed by atoms with Crippen molar-refractivity contribution in [3.63, 3.8) is 0 Å². The normalized spacial score (nSPS) is 15.9. The zero-order chi connectivity index (χ0) is 15.5. The lowest BCUT2D eigenvalue weighted by Crippen LogP contribution is -2.35. The molecule has 22 heavy (non-hydrogen) atoms. The van der Waals surface area contributed by atoms with Crippen molar-refractivity contribution in [3.05, 3.63) is 41.4 Å². The number of carboxylic acids is 1. The summed E-state index contributed by atoms with van der Waals surface area (Å²) in [4.78, 5) is 12.9. The van der Waals surface area contributed by atoms with Gasteiger partial charge in [-0.3, -0.25) is 4.90 Å². The fraction of sp³-hybridized carbons (Fsp3) is 0.333. The molecule has 0 amide bonds. The summed E-state index contributed by atoms with van der Waals surface area (Å²) in [6.07, 6.45) is 0. The Balaban J connectivity index is 1.77. The van der Waals surface area contributed by atoms with Crippen LogP contribution in [0.25, 0.3) is 11.3 Å². The van der Waals surface area contributed by atoms with Gasteiger partial charge in [0.05, 0.1) is 13.2 Å². The molecule has 0 unspecified atom stereocenters. The molecule has 3 rings (SSSR count). The summed E-state index contributed by atoms with van der Waals surface area (Å²) in [6, 6.07) is 6.02. The quantitative estimate of drug-likeness (QED) is 0.931. The van der Waals surface area contributed by atoms with Crippen molar-refractivity contribution >= 4 is 5.97 Å². The number of aromatic carboxylic acids is 1. The van der Waals surface area contributed by atoms with Gasteiger partial charge in [0.2, 0.25) is 5.76 Å². The predicted molar refractivity (Wildman–Crippen MR) is 75.0 cm³/mol. The van der Waals surface area contributed by atoms with E-state index in [0.29, 0.717) is 36.6 Å². The maximum Gasteiger partial charge on any atom is 0.374 e. The first-order valence-electron chi connectivity index (χ1n) is 6.92. The molecule has 0 atom stereocenters. The van der Waals surface area contributed by atoms with Crippen LogP contribution in [0.5, 0.6) is 0 Å². The zero-order valence-electron chi connectivity index (χ0n) is 11.8. The second kappa shape index (κ2) is 6.25. The van der Waals surface area contributed by atoms with E-state index in [1.807, 2.05) is 0 Å². The number of aromatic nitrogens is 1. The minimum absolute atomic E-state index is 0.271. The fourth-order valence-corrected chi connectivity index (χ4v) is 2.35. The first-order valence-corrected chi connectivity index (χ1v) is 6.92. The summed E-state index contributed by atoms with van der Waals surface area (Å²) in [5.74, 6) is -1.82. The molecule has 1 aliphatic rings. The Morgan fingerprint density at radius 1 is 1.32 bits per heavy atom. The van der Waals surface area contributed by atoms with Crippen LogP contribution in [0.15, 0.2) is 28.8 Å². The molecule has 0 saturated carbocycles. The molecule has 0 aliphatic carbocycles. The minimum Gasteiger partial charge on any atom is -0.475 e. The molecule has 6 nitrogen and oxygen atoms in total. The number of carbonyl (C=O) groups is 1. The highest BCUT2D eigenvalue weighted by atomic mass is 19.1. The van der Waals surface area contributed by atoms with Crippen LogP contribution in [0.3, 0.4) is 0 Å². The Morgan fingerprint density at radius 2 is 2.09 bits per heavy atom. The van der Waals surface area contributed by atoms with Gasteiger partial charge >= 0.3 is 5.97 Å². The number of ether oxygens (including phenoxy) is 1. The van der Waals surface area contributed by atoms with Crippen molar-refractivity contribution in [3.8, 4) is 11.3 Å². The molecule has 1 fully saturated rings. The number of hydrogen-bond donors (Lipinski definition) is 1. The van der Waals surface area contributed by atoms with E-state index in [2.05, 4.69) is 14.6 Å². The number of benzene rings is 1. The molecular weight excluding hydrogens is 291 g/mol. The van der Waals surface area contributed by atoms with Crippen molar-refractivity contribution in [1.29, 1.82) is 0 Å². The third-order valence-corrected chi connectivity index (χ3v) is 3.57. The second-order valence-electron chi connectivity index (χ2n) is 5.08. The average Bonchev–Trinajstić information content (AvgIpc) is 3.00. The van der Waals surface area contributed by atoms with Gasteiger partial charge in [0.15, 0.2) is 0 Å². The molecule has 0 spiro atoms. The number of halogens is 1. The standard InChI is InChI=1S/C15H15FN2O4/c16-12-7-10(13-8-14(15(19)20)22-17-13)1-2-11(12)9-18-3-5-21-6-4-18/h1-2,7-8H,3-6,9H2,(H,19,20). The van der Waals surface area contributed by atoms with Crippen LogP contribution in [0.4, 0.5) is 4.39 Å². The third kappa shape index (κ3) is 3.15. The highest BCUT2D eigenvalue weighted by molar-refractivity contribution is 5.85. The molecule has 116 valence electrons. The molecule has 1 aliphatic heterocycles. The third-order valence-electron chi connectivity index (χ3n) is 3.57. The van der Waals surface area contributed by atoms with Crippen molar-refractivity contribution in [1.82, 2.24) is 10.1 Å². The van der Waals surface area contributed by atoms with Crippen LogP contribution < -0.4 is 0 Å². The predicted octanol–water partition coefficient (Wildman–Crippen LogP) is 2.01. The summed E-state index contributed by atoms with van der Waals surface area (Å²) < 4.78 is 24.2. The van der Waals surface area contributed by atoms with Gasteiger partial charge in [-0.2, -0.15) is 0 Å². The van der Waals surface area contributed by atoms with Gasteiger partial charge in [-0.1, -0.05) is 17.3 Å². The number of nitrogens with zero attached hydrogens (tertiary/aromatic N) is 2. The lowest BCUT2D eigenvalue weighted by Gasteiger charge is -2.26. The lowest BCUT2D eigenvalue weighted by molar-refractivity contribution is 0.0337. The Bertz CT molecular complexity index is 680. The van der Waals surface area contributed by atoms with Crippen LogP contribution in [0.2, 0.25) is 0 Å². The van der Waals surface area contributed by atoms with Gasteiger partial charge in [0.25, 0.3) is 0 Å². The van der Waals surface area contributed by atoms with E-state index in [1.165, 1.54) is 12.1 Å². The van der Waals surface area contributed by atoms with E-state index in [0.717, 1.165) is 13.1 Å². The zero-order valence-corrected chi connectivity index (χ0v) is 11.8. The Kier molecular flexibility index (Phi) is 4.17. The van der Waals surface area contributed by atoms with Gasteiger partial charge in [0.1, 0.15) is 11.5 Å². The Hall–Kier alpha value is -2.25. The maximum absolute atomic E-state index is 14.2. The average molecular weight is 306 g/mol. The molecule has 1 N–H and O–H groups in total. The summed E-state index contributed by atoms with van der Waals surface area (Å²) in [7, 11) is 0. The largest absolute Gasteiger partial charge is 0.475 e. The summed E-state index contributed by atoms with van der Waals surface area (Å²) in [5, 5.41) is 12.4. The van der Waals surface area contributed by atoms with Gasteiger partial charge in [0, 0.05) is 36.8 Å². The molecule has 2 aromatic rings. The van der Waals surface area contributed by atoms with Crippen LogP contribution in [0.1, 0.15) is 16.1 Å². The van der Waals surface area contributed by atoms with Crippen LogP contribution >= 0.6 is 0 Å². The van der Waals surface area contributed by atoms with E-state index >= 15 is 0 Å². The molecule has 1 aromatic heterocycles. The first-order chi connectivity index (χ1) is 10.6. The van der Waals surface area contributed by atoms with Crippen LogP contribution in [-0.4, -0.2) is 47.4 Å². The molecule has 1 aromatic carbocycles. The first kappa shape index (κ1) is 14.7. The van der Waals surface area contributed by atoms with E-state index in [1.54, 1.807) is 12.1 Å². The summed E-state index contributed by atoms with van der Waals surface area (Å²) in [6.45, 7) is 3.42. The Morgan fingerprint density at radius 3 is 2.73 bits per heavy atom. The van der Waals surface area contributed by atoms with Gasteiger partial charge < -0.3 is 14.4 Å². The van der Waals surface area contributed by atoms with Crippen molar-refractivity contribution in [2.24, 2.45) is 0 Å². The molecule has 2 heterocycles. The molecule has 0 radical (unpaired) electrons. The van der Waals surface area contributed by atoms with Gasteiger partial charge in [-0.05, 0) is 6.07 Å². The maximum atomic E-state index is 14.2. The molecule has 0 bridgehead atoms. The number of hydrogen-bond acceptors (Lipinski definition) is 5. The topological polar surface area (TPSA) is 75.8 Å². The SMILES string of the molecule is O=C(O)c1cc(-c2ccc(CN3CCOCC3)c(F)c2)no1. The summed E-state index contributed by atoms with van der Waals surface area (Å²) in [5.41, 5.74) is 1.38. The fourth-order valence-electron chi connectivity index (χ4n) is 2.35. The minimum atomic E-state index is -1.21. The van der Waals surface area contributed by atoms with E-state index in [-0.39, 0.29) is 11.6 Å². The second-order valence-corrected chi connectivity index (χ2v) is 5.08. The van der Waals surface area contributed by atoms with Gasteiger partial charge in [-0.15, -0.1) is 0 Å². The van der Waals surface area contributed by atoms with Crippen molar-refractivity contribution in [2.45, 2.75) is 6.54 Å². The van der Waals surface area contributed by atoms with E-state index in [4.69, 9.17) is 9.84 Å². The number of carboxylic acid groups (broad SMARTS) is 1. The smallest absolute Gasteiger partial charge is 0.374 e. The lowest BCUT2D eigenvalue weighted by atomic mass is 10.1. The highest BCUT2D eigenvalue weighted by Gasteiger charge is 2.16. The monoisotopic (exact) mass is 306 g/mol. The molecular formula is C15H15FN2O4. The molecule has 7 heteroatoms. The van der Waals surface area contributed by atoms with E-state index < -0.39 is 5.97 Å². The summed E-state index contributed by atoms with van der Waals surface area (Å²) >= 11 is 0. The Labute approximate surface area is 126 Å². The number of rotatable bonds is 4. The number of morpholine rings is 1. The van der Waals surface area contributed by atoms with E-state index in [9.17, 15) is 9.18 Å². The van der Waals surface area contributed by atoms with Crippen molar-refractivity contribution in [2.75, 3.05) is 26.3 Å². The van der Waals surface area contributed by atoms with Crippen LogP contribution in [0, 0.1) is 5.82 Å². The van der Waals surface area contributed by atoms with Crippen molar-refractivity contribution < 1.29 is 23.6 Å². The molecule has 1 saturated heterocycles.